The minimum absolute atomic E-state index is 0.0157. The van der Waals surface area contributed by atoms with E-state index in [1.807, 2.05) is 35.2 Å². The zero-order valence-corrected chi connectivity index (χ0v) is 19.7. The Bertz CT molecular complexity index is 901. The van der Waals surface area contributed by atoms with Crippen LogP contribution in [0.15, 0.2) is 30.3 Å². The Morgan fingerprint density at radius 3 is 2.30 bits per heavy atom. The van der Waals surface area contributed by atoms with E-state index in [4.69, 9.17) is 0 Å². The van der Waals surface area contributed by atoms with Crippen LogP contribution in [-0.4, -0.2) is 77.4 Å². The van der Waals surface area contributed by atoms with Crippen LogP contribution in [0.2, 0.25) is 0 Å². The van der Waals surface area contributed by atoms with E-state index in [2.05, 4.69) is 17.1 Å². The van der Waals surface area contributed by atoms with Crippen molar-refractivity contribution in [1.82, 2.24) is 20.0 Å². The fourth-order valence-corrected chi connectivity index (χ4v) is 5.91. The van der Waals surface area contributed by atoms with Gasteiger partial charge >= 0.3 is 6.03 Å². The average Bonchev–Trinajstić information content (AvgIpc) is 3.26. The molecule has 3 heterocycles. The number of piperidine rings is 1. The van der Waals surface area contributed by atoms with Crippen LogP contribution in [0.3, 0.4) is 0 Å². The third kappa shape index (κ3) is 4.27. The van der Waals surface area contributed by atoms with E-state index in [-0.39, 0.29) is 29.2 Å². The Kier molecular flexibility index (Phi) is 5.93. The number of urea groups is 1. The number of carbonyl (C=O) groups is 3. The number of nitrogens with one attached hydrogen (secondary N) is 1. The van der Waals surface area contributed by atoms with Gasteiger partial charge in [0.2, 0.25) is 5.91 Å². The molecule has 33 heavy (non-hydrogen) atoms. The summed E-state index contributed by atoms with van der Waals surface area (Å²) >= 11 is 0. The van der Waals surface area contributed by atoms with E-state index in [0.717, 1.165) is 50.9 Å². The van der Waals surface area contributed by atoms with Gasteiger partial charge in [0.15, 0.2) is 0 Å². The molecular weight excluding hydrogens is 416 g/mol. The fraction of sp³-hybridized carbons (Fsp3) is 0.654. The van der Waals surface area contributed by atoms with Crippen molar-refractivity contribution in [1.29, 1.82) is 0 Å². The Balaban J connectivity index is 1.33. The zero-order chi connectivity index (χ0) is 23.1. The Labute approximate surface area is 196 Å². The van der Waals surface area contributed by atoms with Gasteiger partial charge in [-0.2, -0.15) is 0 Å². The molecule has 4 fully saturated rings. The molecule has 1 saturated carbocycles. The first-order valence-electron chi connectivity index (χ1n) is 12.6. The lowest BCUT2D eigenvalue weighted by molar-refractivity contribution is -0.139. The molecule has 3 saturated heterocycles. The molecule has 1 aromatic carbocycles. The van der Waals surface area contributed by atoms with Crippen molar-refractivity contribution in [3.63, 3.8) is 0 Å². The maximum atomic E-state index is 13.9. The second kappa shape index (κ2) is 8.75. The third-order valence-electron chi connectivity index (χ3n) is 8.36. The SMILES string of the molecule is CC1(C(=O)N2CCC(C3(Cc4ccccc4)NC(=O)N(CCN4CCCC4)C3=O)CC2)CC1. The van der Waals surface area contributed by atoms with E-state index in [1.54, 1.807) is 0 Å². The molecule has 0 spiro atoms. The molecule has 1 unspecified atom stereocenters. The van der Waals surface area contributed by atoms with Crippen molar-refractivity contribution in [3.8, 4) is 0 Å². The van der Waals surface area contributed by atoms with Crippen molar-refractivity contribution in [2.75, 3.05) is 39.3 Å². The minimum Gasteiger partial charge on any atom is -0.342 e. The lowest BCUT2D eigenvalue weighted by Crippen LogP contribution is -2.58. The molecule has 1 atom stereocenters. The fourth-order valence-electron chi connectivity index (χ4n) is 5.91. The second-order valence-corrected chi connectivity index (χ2v) is 10.7. The van der Waals surface area contributed by atoms with Gasteiger partial charge in [-0.3, -0.25) is 14.5 Å². The summed E-state index contributed by atoms with van der Waals surface area (Å²) in [7, 11) is 0. The van der Waals surface area contributed by atoms with Gasteiger partial charge in [-0.15, -0.1) is 0 Å². The zero-order valence-electron chi connectivity index (χ0n) is 19.7. The molecule has 7 nitrogen and oxygen atoms in total. The lowest BCUT2D eigenvalue weighted by Gasteiger charge is -2.41. The molecule has 4 aliphatic rings. The summed E-state index contributed by atoms with van der Waals surface area (Å²) in [5.41, 5.74) is -0.0445. The normalized spacial score (nSPS) is 27.8. The van der Waals surface area contributed by atoms with E-state index in [1.165, 1.54) is 17.7 Å². The summed E-state index contributed by atoms with van der Waals surface area (Å²) in [6, 6.07) is 9.72. The molecule has 1 N–H and O–H groups in total. The molecule has 0 radical (unpaired) electrons. The number of rotatable bonds is 7. The minimum atomic E-state index is -0.929. The number of hydrogen-bond acceptors (Lipinski definition) is 4. The summed E-state index contributed by atoms with van der Waals surface area (Å²) in [6.45, 7) is 6.65. The predicted molar refractivity (Wildman–Crippen MR) is 125 cm³/mol. The van der Waals surface area contributed by atoms with Gasteiger partial charge in [0.05, 0.1) is 0 Å². The molecule has 1 aromatic rings. The van der Waals surface area contributed by atoms with Crippen LogP contribution in [0.5, 0.6) is 0 Å². The number of carbonyl (C=O) groups excluding carboxylic acids is 3. The second-order valence-electron chi connectivity index (χ2n) is 10.7. The van der Waals surface area contributed by atoms with Crippen molar-refractivity contribution in [2.45, 2.75) is 57.4 Å². The van der Waals surface area contributed by atoms with Crippen LogP contribution in [0.1, 0.15) is 51.0 Å². The average molecular weight is 453 g/mol. The summed E-state index contributed by atoms with van der Waals surface area (Å²) < 4.78 is 0. The maximum Gasteiger partial charge on any atom is 0.325 e. The molecule has 7 heteroatoms. The molecule has 4 amide bonds. The van der Waals surface area contributed by atoms with Crippen LogP contribution in [0.25, 0.3) is 0 Å². The Hall–Kier alpha value is -2.41. The smallest absolute Gasteiger partial charge is 0.325 e. The Morgan fingerprint density at radius 2 is 1.67 bits per heavy atom. The number of amides is 4. The van der Waals surface area contributed by atoms with E-state index < -0.39 is 5.54 Å². The quantitative estimate of drug-likeness (QED) is 0.646. The molecule has 0 bridgehead atoms. The summed E-state index contributed by atoms with van der Waals surface area (Å²) in [5.74, 6) is 0.184. The van der Waals surface area contributed by atoms with Gasteiger partial charge in [-0.25, -0.2) is 4.79 Å². The molecule has 5 rings (SSSR count). The lowest BCUT2D eigenvalue weighted by atomic mass is 9.73. The number of likely N-dealkylation sites (tertiary alicyclic amines) is 2. The number of imide groups is 1. The highest BCUT2D eigenvalue weighted by molar-refractivity contribution is 6.07. The first kappa shape index (κ1) is 22.4. The van der Waals surface area contributed by atoms with Gasteiger partial charge in [-0.05, 0) is 63.1 Å². The highest BCUT2D eigenvalue weighted by Crippen LogP contribution is 2.47. The topological polar surface area (TPSA) is 73.0 Å². The van der Waals surface area contributed by atoms with Gasteiger partial charge in [0, 0.05) is 38.0 Å². The number of benzene rings is 1. The predicted octanol–water partition coefficient (Wildman–Crippen LogP) is 2.65. The van der Waals surface area contributed by atoms with Crippen LogP contribution in [0.4, 0.5) is 4.79 Å². The highest BCUT2D eigenvalue weighted by atomic mass is 16.2. The first-order valence-corrected chi connectivity index (χ1v) is 12.6. The van der Waals surface area contributed by atoms with Crippen molar-refractivity contribution >= 4 is 17.8 Å². The monoisotopic (exact) mass is 452 g/mol. The molecule has 3 aliphatic heterocycles. The van der Waals surface area contributed by atoms with Gasteiger partial charge < -0.3 is 15.1 Å². The number of nitrogens with zero attached hydrogens (tertiary/aromatic N) is 3. The molecule has 0 aromatic heterocycles. The van der Waals surface area contributed by atoms with Crippen molar-refractivity contribution < 1.29 is 14.4 Å². The molecule has 1 aliphatic carbocycles. The van der Waals surface area contributed by atoms with Crippen LogP contribution >= 0.6 is 0 Å². The van der Waals surface area contributed by atoms with E-state index >= 15 is 0 Å². The van der Waals surface area contributed by atoms with Gasteiger partial charge in [0.1, 0.15) is 5.54 Å². The standard InChI is InChI=1S/C26H36N4O3/c1-25(11-12-25)22(31)29-15-9-21(10-16-29)26(19-20-7-3-2-4-8-20)23(32)30(24(33)27-26)18-17-28-13-5-6-14-28/h2-4,7-8,21H,5-6,9-19H2,1H3,(H,27,33). The van der Waals surface area contributed by atoms with E-state index in [0.29, 0.717) is 26.1 Å². The highest BCUT2D eigenvalue weighted by Gasteiger charge is 2.56. The summed E-state index contributed by atoms with van der Waals surface area (Å²) in [4.78, 5) is 45.5. The van der Waals surface area contributed by atoms with Gasteiger partial charge in [-0.1, -0.05) is 37.3 Å². The summed E-state index contributed by atoms with van der Waals surface area (Å²) in [5, 5.41) is 3.16. The van der Waals surface area contributed by atoms with Crippen LogP contribution < -0.4 is 5.32 Å². The molecule has 178 valence electrons. The van der Waals surface area contributed by atoms with Gasteiger partial charge in [0.25, 0.3) is 5.91 Å². The largest absolute Gasteiger partial charge is 0.342 e. The first-order chi connectivity index (χ1) is 15.9. The maximum absolute atomic E-state index is 13.9. The third-order valence-corrected chi connectivity index (χ3v) is 8.36. The van der Waals surface area contributed by atoms with Crippen molar-refractivity contribution in [3.05, 3.63) is 35.9 Å². The van der Waals surface area contributed by atoms with Crippen LogP contribution in [0, 0.1) is 11.3 Å². The van der Waals surface area contributed by atoms with Crippen molar-refractivity contribution in [2.24, 2.45) is 11.3 Å². The number of hydrogen-bond donors (Lipinski definition) is 1. The summed E-state index contributed by atoms with van der Waals surface area (Å²) in [6.07, 6.45) is 6.30. The Morgan fingerprint density at radius 1 is 1.00 bits per heavy atom. The van der Waals surface area contributed by atoms with E-state index in [9.17, 15) is 14.4 Å². The molecular formula is C26H36N4O3. The van der Waals surface area contributed by atoms with Crippen LogP contribution in [-0.2, 0) is 16.0 Å².